The number of benzene rings is 1. The van der Waals surface area contributed by atoms with E-state index in [-0.39, 0.29) is 23.4 Å². The van der Waals surface area contributed by atoms with Crippen molar-refractivity contribution in [3.8, 4) is 0 Å². The van der Waals surface area contributed by atoms with Crippen molar-refractivity contribution in [3.05, 3.63) is 35.4 Å². The van der Waals surface area contributed by atoms with Crippen LogP contribution in [0.2, 0.25) is 0 Å². The second kappa shape index (κ2) is 5.87. The first-order chi connectivity index (χ1) is 9.45. The lowest BCUT2D eigenvalue weighted by Gasteiger charge is -2.39. The van der Waals surface area contributed by atoms with Crippen molar-refractivity contribution in [2.24, 2.45) is 0 Å². The molecule has 0 bridgehead atoms. The fraction of sp³-hybridized carbons (Fsp3) is 0.533. The molecule has 0 radical (unpaired) electrons. The molecule has 1 aromatic carbocycles. The van der Waals surface area contributed by atoms with E-state index in [4.69, 9.17) is 0 Å². The molecule has 2 rings (SSSR count). The maximum atomic E-state index is 13.6. The van der Waals surface area contributed by atoms with Gasteiger partial charge in [0.1, 0.15) is 0 Å². The zero-order valence-corrected chi connectivity index (χ0v) is 11.9. The predicted octanol–water partition coefficient (Wildman–Crippen LogP) is 2.11. The molecular weight excluding hydrogens is 262 g/mol. The minimum Gasteiger partial charge on any atom is -0.342 e. The fourth-order valence-corrected chi connectivity index (χ4v) is 2.46. The average Bonchev–Trinajstić information content (AvgIpc) is 2.44. The Hall–Kier alpha value is -1.49. The van der Waals surface area contributed by atoms with E-state index in [1.54, 1.807) is 4.90 Å². The second-order valence-corrected chi connectivity index (χ2v) is 5.58. The number of hydrogen-bond acceptors (Lipinski definition) is 2. The van der Waals surface area contributed by atoms with Crippen molar-refractivity contribution >= 4 is 5.91 Å². The van der Waals surface area contributed by atoms with Crippen molar-refractivity contribution in [3.63, 3.8) is 0 Å². The third-order valence-electron chi connectivity index (χ3n) is 4.20. The van der Waals surface area contributed by atoms with Crippen LogP contribution in [-0.4, -0.2) is 36.5 Å². The van der Waals surface area contributed by atoms with Gasteiger partial charge in [-0.3, -0.25) is 4.79 Å². The van der Waals surface area contributed by atoms with Gasteiger partial charge in [-0.1, -0.05) is 12.1 Å². The molecule has 0 spiro atoms. The summed E-state index contributed by atoms with van der Waals surface area (Å²) in [5.41, 5.74) is 0.179. The Morgan fingerprint density at radius 1 is 1.35 bits per heavy atom. The number of carbonyl (C=O) groups is 1. The summed E-state index contributed by atoms with van der Waals surface area (Å²) in [6.07, 6.45) is 1.64. The Balaban J connectivity index is 1.98. The molecule has 5 heteroatoms. The highest BCUT2D eigenvalue weighted by molar-refractivity contribution is 5.79. The monoisotopic (exact) mass is 282 g/mol. The molecule has 1 aliphatic rings. The largest absolute Gasteiger partial charge is 0.342 e. The Morgan fingerprint density at radius 2 is 2.00 bits per heavy atom. The van der Waals surface area contributed by atoms with Gasteiger partial charge in [-0.25, -0.2) is 8.78 Å². The molecular formula is C15H20F2N2O. The van der Waals surface area contributed by atoms with Gasteiger partial charge < -0.3 is 10.2 Å². The Labute approximate surface area is 118 Å². The molecule has 1 N–H and O–H groups in total. The van der Waals surface area contributed by atoms with Crippen molar-refractivity contribution in [2.75, 3.05) is 20.1 Å². The van der Waals surface area contributed by atoms with Crippen LogP contribution in [0.4, 0.5) is 8.78 Å². The number of piperidine rings is 1. The van der Waals surface area contributed by atoms with E-state index in [1.807, 2.05) is 7.05 Å². The number of nitrogens with zero attached hydrogens (tertiary/aromatic N) is 1. The molecule has 110 valence electrons. The zero-order valence-electron chi connectivity index (χ0n) is 11.9. The van der Waals surface area contributed by atoms with Crippen LogP contribution >= 0.6 is 0 Å². The summed E-state index contributed by atoms with van der Waals surface area (Å²) in [5, 5.41) is 3.26. The van der Waals surface area contributed by atoms with E-state index < -0.39 is 11.6 Å². The number of carbonyl (C=O) groups excluding carboxylic acids is 1. The standard InChI is InChI=1S/C15H20F2N2O/c1-15(18-2)6-8-19(9-7-15)13(20)10-11-4-3-5-12(16)14(11)17/h3-5,18H,6-10H2,1-2H3. The highest BCUT2D eigenvalue weighted by Gasteiger charge is 2.30. The highest BCUT2D eigenvalue weighted by Crippen LogP contribution is 2.22. The van der Waals surface area contributed by atoms with E-state index in [9.17, 15) is 13.6 Å². The van der Waals surface area contributed by atoms with Crippen LogP contribution in [0, 0.1) is 11.6 Å². The lowest BCUT2D eigenvalue weighted by atomic mass is 9.89. The molecule has 0 unspecified atom stereocenters. The molecule has 1 fully saturated rings. The van der Waals surface area contributed by atoms with Crippen LogP contribution in [-0.2, 0) is 11.2 Å². The number of hydrogen-bond donors (Lipinski definition) is 1. The Kier molecular flexibility index (Phi) is 4.38. The first-order valence-corrected chi connectivity index (χ1v) is 6.85. The summed E-state index contributed by atoms with van der Waals surface area (Å²) in [5.74, 6) is -1.97. The van der Waals surface area contributed by atoms with Gasteiger partial charge >= 0.3 is 0 Å². The topological polar surface area (TPSA) is 32.3 Å². The van der Waals surface area contributed by atoms with Gasteiger partial charge in [-0.05, 0) is 32.9 Å². The van der Waals surface area contributed by atoms with Crippen LogP contribution in [0.3, 0.4) is 0 Å². The molecule has 0 aliphatic carbocycles. The minimum atomic E-state index is -0.919. The number of nitrogens with one attached hydrogen (secondary N) is 1. The maximum Gasteiger partial charge on any atom is 0.227 e. The summed E-state index contributed by atoms with van der Waals surface area (Å²) in [7, 11) is 1.92. The van der Waals surface area contributed by atoms with E-state index in [0.29, 0.717) is 13.1 Å². The second-order valence-electron chi connectivity index (χ2n) is 5.58. The van der Waals surface area contributed by atoms with E-state index in [2.05, 4.69) is 12.2 Å². The van der Waals surface area contributed by atoms with Crippen LogP contribution in [0.5, 0.6) is 0 Å². The SMILES string of the molecule is CNC1(C)CCN(C(=O)Cc2cccc(F)c2F)CC1. The summed E-state index contributed by atoms with van der Waals surface area (Å²) in [6.45, 7) is 3.42. The predicted molar refractivity (Wildman–Crippen MR) is 73.3 cm³/mol. The van der Waals surface area contributed by atoms with E-state index >= 15 is 0 Å². The lowest BCUT2D eigenvalue weighted by Crippen LogP contribution is -2.51. The summed E-state index contributed by atoms with van der Waals surface area (Å²) >= 11 is 0. The molecule has 1 aromatic rings. The first-order valence-electron chi connectivity index (χ1n) is 6.85. The molecule has 1 saturated heterocycles. The van der Waals surface area contributed by atoms with Crippen LogP contribution < -0.4 is 5.32 Å². The maximum absolute atomic E-state index is 13.6. The van der Waals surface area contributed by atoms with Gasteiger partial charge in [-0.15, -0.1) is 0 Å². The van der Waals surface area contributed by atoms with Crippen LogP contribution in [0.15, 0.2) is 18.2 Å². The summed E-state index contributed by atoms with van der Waals surface area (Å²) < 4.78 is 26.7. The van der Waals surface area contributed by atoms with Gasteiger partial charge in [-0.2, -0.15) is 0 Å². The molecule has 1 amide bonds. The summed E-state index contributed by atoms with van der Waals surface area (Å²) in [4.78, 5) is 13.9. The average molecular weight is 282 g/mol. The third-order valence-corrected chi connectivity index (χ3v) is 4.20. The minimum absolute atomic E-state index is 0.0564. The molecule has 20 heavy (non-hydrogen) atoms. The Morgan fingerprint density at radius 3 is 2.60 bits per heavy atom. The van der Waals surface area contributed by atoms with Gasteiger partial charge in [0.2, 0.25) is 5.91 Å². The fourth-order valence-electron chi connectivity index (χ4n) is 2.46. The van der Waals surface area contributed by atoms with Crippen molar-refractivity contribution < 1.29 is 13.6 Å². The van der Waals surface area contributed by atoms with Crippen LogP contribution in [0.1, 0.15) is 25.3 Å². The Bertz CT molecular complexity index is 497. The van der Waals surface area contributed by atoms with Crippen molar-refractivity contribution in [2.45, 2.75) is 31.7 Å². The number of halogens is 2. The van der Waals surface area contributed by atoms with Crippen LogP contribution in [0.25, 0.3) is 0 Å². The number of rotatable bonds is 3. The molecule has 1 heterocycles. The van der Waals surface area contributed by atoms with Gasteiger partial charge in [0, 0.05) is 24.2 Å². The van der Waals surface area contributed by atoms with E-state index in [1.165, 1.54) is 12.1 Å². The summed E-state index contributed by atoms with van der Waals surface area (Å²) in [6, 6.07) is 3.94. The van der Waals surface area contributed by atoms with Gasteiger partial charge in [0.05, 0.1) is 6.42 Å². The molecule has 0 aromatic heterocycles. The van der Waals surface area contributed by atoms with Crippen molar-refractivity contribution in [1.29, 1.82) is 0 Å². The molecule has 1 aliphatic heterocycles. The lowest BCUT2D eigenvalue weighted by molar-refractivity contribution is -0.132. The normalized spacial score (nSPS) is 18.1. The quantitative estimate of drug-likeness (QED) is 0.921. The van der Waals surface area contributed by atoms with Crippen molar-refractivity contribution in [1.82, 2.24) is 10.2 Å². The van der Waals surface area contributed by atoms with Gasteiger partial charge in [0.25, 0.3) is 0 Å². The first kappa shape index (κ1) is 14.9. The smallest absolute Gasteiger partial charge is 0.227 e. The number of likely N-dealkylation sites (tertiary alicyclic amines) is 1. The molecule has 0 saturated carbocycles. The number of amides is 1. The highest BCUT2D eigenvalue weighted by atomic mass is 19.2. The zero-order chi connectivity index (χ0) is 14.8. The van der Waals surface area contributed by atoms with E-state index in [0.717, 1.165) is 18.9 Å². The van der Waals surface area contributed by atoms with Gasteiger partial charge in [0.15, 0.2) is 11.6 Å². The molecule has 3 nitrogen and oxygen atoms in total. The third kappa shape index (κ3) is 3.15. The molecule has 0 atom stereocenters.